The number of para-hydroxylation sites is 1. The van der Waals surface area contributed by atoms with E-state index in [1.807, 2.05) is 44.2 Å². The number of nitrogens with zero attached hydrogens (tertiary/aromatic N) is 1. The van der Waals surface area contributed by atoms with Crippen LogP contribution < -0.4 is 0 Å². The maximum absolute atomic E-state index is 10.3. The molecule has 0 aliphatic heterocycles. The van der Waals surface area contributed by atoms with Crippen LogP contribution in [-0.2, 0) is 4.74 Å². The van der Waals surface area contributed by atoms with Gasteiger partial charge >= 0.3 is 0 Å². The molecule has 0 spiro atoms. The smallest absolute Gasteiger partial charge is 0.107 e. The van der Waals surface area contributed by atoms with E-state index < -0.39 is 6.10 Å². The minimum Gasteiger partial charge on any atom is -0.386 e. The van der Waals surface area contributed by atoms with Crippen molar-refractivity contribution in [1.82, 2.24) is 4.98 Å². The standard InChI is InChI=1S/C15H19NO2/c1-10(2)15(18-3)14(17)12-8-11-6-4-5-7-13(11)16-9-12/h4-10,14-15,17H,1-3H3. The Bertz CT molecular complexity index is 525. The van der Waals surface area contributed by atoms with E-state index >= 15 is 0 Å². The SMILES string of the molecule is COC(C(C)C)C(O)c1cnc2ccccc2c1. The first kappa shape index (κ1) is 13.0. The highest BCUT2D eigenvalue weighted by Crippen LogP contribution is 2.25. The molecule has 2 atom stereocenters. The molecule has 1 heterocycles. The van der Waals surface area contributed by atoms with Gasteiger partial charge in [-0.2, -0.15) is 0 Å². The Morgan fingerprint density at radius 3 is 2.61 bits per heavy atom. The average molecular weight is 245 g/mol. The number of pyridine rings is 1. The molecule has 1 N–H and O–H groups in total. The van der Waals surface area contributed by atoms with Gasteiger partial charge in [-0.25, -0.2) is 0 Å². The molecule has 3 heteroatoms. The summed E-state index contributed by atoms with van der Waals surface area (Å²) in [6, 6.07) is 9.85. The Kier molecular flexibility index (Phi) is 3.94. The Morgan fingerprint density at radius 2 is 1.94 bits per heavy atom. The second kappa shape index (κ2) is 5.46. The van der Waals surface area contributed by atoms with Crippen molar-refractivity contribution in [2.24, 2.45) is 5.92 Å². The highest BCUT2D eigenvalue weighted by atomic mass is 16.5. The van der Waals surface area contributed by atoms with E-state index in [1.165, 1.54) is 0 Å². The maximum Gasteiger partial charge on any atom is 0.107 e. The summed E-state index contributed by atoms with van der Waals surface area (Å²) in [6.45, 7) is 4.07. The third-order valence-electron chi connectivity index (χ3n) is 3.19. The molecule has 18 heavy (non-hydrogen) atoms. The number of hydrogen-bond acceptors (Lipinski definition) is 3. The number of methoxy groups -OCH3 is 1. The largest absolute Gasteiger partial charge is 0.386 e. The van der Waals surface area contributed by atoms with Crippen LogP contribution in [0, 0.1) is 5.92 Å². The van der Waals surface area contributed by atoms with Gasteiger partial charge in [0.15, 0.2) is 0 Å². The molecular weight excluding hydrogens is 226 g/mol. The van der Waals surface area contributed by atoms with Crippen molar-refractivity contribution >= 4 is 10.9 Å². The fourth-order valence-electron chi connectivity index (χ4n) is 2.21. The Hall–Kier alpha value is -1.45. The van der Waals surface area contributed by atoms with Crippen molar-refractivity contribution in [3.63, 3.8) is 0 Å². The molecule has 0 aliphatic rings. The Labute approximate surface area is 107 Å². The first-order chi connectivity index (χ1) is 8.63. The predicted molar refractivity (Wildman–Crippen MR) is 72.3 cm³/mol. The number of aromatic nitrogens is 1. The number of hydrogen-bond donors (Lipinski definition) is 1. The highest BCUT2D eigenvalue weighted by Gasteiger charge is 2.24. The first-order valence-corrected chi connectivity index (χ1v) is 6.19. The molecule has 1 aromatic carbocycles. The Morgan fingerprint density at radius 1 is 1.22 bits per heavy atom. The van der Waals surface area contributed by atoms with E-state index in [-0.39, 0.29) is 12.0 Å². The van der Waals surface area contributed by atoms with Crippen molar-refractivity contribution in [2.75, 3.05) is 7.11 Å². The zero-order chi connectivity index (χ0) is 13.1. The summed E-state index contributed by atoms with van der Waals surface area (Å²) in [7, 11) is 1.63. The van der Waals surface area contributed by atoms with Crippen molar-refractivity contribution in [3.05, 3.63) is 42.1 Å². The van der Waals surface area contributed by atoms with Gasteiger partial charge in [-0.15, -0.1) is 0 Å². The van der Waals surface area contributed by atoms with Gasteiger partial charge in [-0.1, -0.05) is 32.0 Å². The molecule has 96 valence electrons. The third-order valence-corrected chi connectivity index (χ3v) is 3.19. The fourth-order valence-corrected chi connectivity index (χ4v) is 2.21. The lowest BCUT2D eigenvalue weighted by atomic mass is 9.96. The molecule has 0 aliphatic carbocycles. The second-order valence-corrected chi connectivity index (χ2v) is 4.85. The normalized spacial score (nSPS) is 14.9. The van der Waals surface area contributed by atoms with Crippen molar-refractivity contribution in [1.29, 1.82) is 0 Å². The van der Waals surface area contributed by atoms with Gasteiger partial charge < -0.3 is 9.84 Å². The summed E-state index contributed by atoms with van der Waals surface area (Å²) >= 11 is 0. The second-order valence-electron chi connectivity index (χ2n) is 4.85. The minimum atomic E-state index is -0.646. The lowest BCUT2D eigenvalue weighted by molar-refractivity contribution is -0.0391. The van der Waals surface area contributed by atoms with Crippen LogP contribution in [0.5, 0.6) is 0 Å². The van der Waals surface area contributed by atoms with Crippen molar-refractivity contribution in [3.8, 4) is 0 Å². The van der Waals surface area contributed by atoms with Gasteiger partial charge in [0.1, 0.15) is 6.10 Å². The van der Waals surface area contributed by atoms with E-state index in [9.17, 15) is 5.11 Å². The quantitative estimate of drug-likeness (QED) is 0.900. The van der Waals surface area contributed by atoms with Crippen LogP contribution in [0.4, 0.5) is 0 Å². The van der Waals surface area contributed by atoms with Crippen molar-refractivity contribution < 1.29 is 9.84 Å². The van der Waals surface area contributed by atoms with E-state index in [0.29, 0.717) is 0 Å². The first-order valence-electron chi connectivity index (χ1n) is 6.19. The van der Waals surface area contributed by atoms with E-state index in [1.54, 1.807) is 13.3 Å². The van der Waals surface area contributed by atoms with Crippen molar-refractivity contribution in [2.45, 2.75) is 26.1 Å². The maximum atomic E-state index is 10.3. The van der Waals surface area contributed by atoms with Gasteiger partial charge in [0.2, 0.25) is 0 Å². The topological polar surface area (TPSA) is 42.4 Å². The Balaban J connectivity index is 2.35. The predicted octanol–water partition coefficient (Wildman–Crippen LogP) is 2.94. The average Bonchev–Trinajstić information content (AvgIpc) is 2.38. The summed E-state index contributed by atoms with van der Waals surface area (Å²) in [5.74, 6) is 0.247. The summed E-state index contributed by atoms with van der Waals surface area (Å²) in [5.41, 5.74) is 1.74. The lowest BCUT2D eigenvalue weighted by Gasteiger charge is -2.25. The van der Waals surface area contributed by atoms with Gasteiger partial charge in [-0.05, 0) is 18.1 Å². The third kappa shape index (κ3) is 2.52. The van der Waals surface area contributed by atoms with E-state index in [2.05, 4.69) is 4.98 Å². The number of fused-ring (bicyclic) bond motifs is 1. The molecule has 0 saturated carbocycles. The van der Waals surface area contributed by atoms with Crippen LogP contribution in [0.3, 0.4) is 0 Å². The molecular formula is C15H19NO2. The number of benzene rings is 1. The lowest BCUT2D eigenvalue weighted by Crippen LogP contribution is -2.26. The summed E-state index contributed by atoms with van der Waals surface area (Å²) in [4.78, 5) is 4.36. The van der Waals surface area contributed by atoms with Gasteiger partial charge in [0, 0.05) is 24.3 Å². The molecule has 0 bridgehead atoms. The molecule has 2 aromatic rings. The summed E-state index contributed by atoms with van der Waals surface area (Å²) in [6.07, 6.45) is 0.863. The van der Waals surface area contributed by atoms with Crippen LogP contribution in [-0.4, -0.2) is 23.3 Å². The molecule has 0 radical (unpaired) electrons. The van der Waals surface area contributed by atoms with Gasteiger partial charge in [-0.3, -0.25) is 4.98 Å². The van der Waals surface area contributed by atoms with Crippen LogP contribution in [0.1, 0.15) is 25.5 Å². The zero-order valence-electron chi connectivity index (χ0n) is 11.0. The summed E-state index contributed by atoms with van der Waals surface area (Å²) < 4.78 is 5.36. The number of aliphatic hydroxyl groups is 1. The number of ether oxygens (including phenoxy) is 1. The molecule has 2 unspecified atom stereocenters. The number of aliphatic hydroxyl groups excluding tert-OH is 1. The zero-order valence-corrected chi connectivity index (χ0v) is 11.0. The molecule has 0 saturated heterocycles. The number of rotatable bonds is 4. The summed E-state index contributed by atoms with van der Waals surface area (Å²) in [5, 5.41) is 11.4. The highest BCUT2D eigenvalue weighted by molar-refractivity contribution is 5.78. The van der Waals surface area contributed by atoms with Crippen LogP contribution in [0.25, 0.3) is 10.9 Å². The molecule has 0 amide bonds. The molecule has 2 rings (SSSR count). The van der Waals surface area contributed by atoms with Crippen LogP contribution >= 0.6 is 0 Å². The molecule has 1 aromatic heterocycles. The van der Waals surface area contributed by atoms with E-state index in [4.69, 9.17) is 4.74 Å². The van der Waals surface area contributed by atoms with Gasteiger partial charge in [0.05, 0.1) is 11.6 Å². The van der Waals surface area contributed by atoms with Crippen LogP contribution in [0.15, 0.2) is 36.5 Å². The molecule has 0 fully saturated rings. The fraction of sp³-hybridized carbons (Fsp3) is 0.400. The molecule has 3 nitrogen and oxygen atoms in total. The van der Waals surface area contributed by atoms with E-state index in [0.717, 1.165) is 16.5 Å². The minimum absolute atomic E-state index is 0.215. The van der Waals surface area contributed by atoms with Gasteiger partial charge in [0.25, 0.3) is 0 Å². The monoisotopic (exact) mass is 245 g/mol. The van der Waals surface area contributed by atoms with Crippen LogP contribution in [0.2, 0.25) is 0 Å².